The fourth-order valence-electron chi connectivity index (χ4n) is 1.81. The predicted molar refractivity (Wildman–Crippen MR) is 72.1 cm³/mol. The summed E-state index contributed by atoms with van der Waals surface area (Å²) < 4.78 is 1.67. The van der Waals surface area contributed by atoms with Gasteiger partial charge in [-0.1, -0.05) is 13.3 Å². The number of aromatic nitrogens is 2. The molecule has 2 aromatic rings. The SMILES string of the molecule is CCCCNC(=O)Cn1ncc2ccc(N)cc21. The van der Waals surface area contributed by atoms with Crippen LogP contribution in [0.1, 0.15) is 19.8 Å². The van der Waals surface area contributed by atoms with Crippen molar-refractivity contribution in [3.63, 3.8) is 0 Å². The zero-order valence-electron chi connectivity index (χ0n) is 10.5. The fourth-order valence-corrected chi connectivity index (χ4v) is 1.81. The number of amides is 1. The molecule has 1 amide bonds. The van der Waals surface area contributed by atoms with E-state index in [0.29, 0.717) is 5.69 Å². The van der Waals surface area contributed by atoms with Crippen LogP contribution in [-0.2, 0) is 11.3 Å². The summed E-state index contributed by atoms with van der Waals surface area (Å²) in [4.78, 5) is 11.7. The van der Waals surface area contributed by atoms with E-state index in [9.17, 15) is 4.79 Å². The van der Waals surface area contributed by atoms with Crippen molar-refractivity contribution in [2.75, 3.05) is 12.3 Å². The van der Waals surface area contributed by atoms with Gasteiger partial charge in [-0.25, -0.2) is 0 Å². The van der Waals surface area contributed by atoms with Crippen LogP contribution in [0.15, 0.2) is 24.4 Å². The van der Waals surface area contributed by atoms with Crippen molar-refractivity contribution in [3.05, 3.63) is 24.4 Å². The Morgan fingerprint density at radius 3 is 3.11 bits per heavy atom. The van der Waals surface area contributed by atoms with Crippen LogP contribution < -0.4 is 11.1 Å². The Hall–Kier alpha value is -2.04. The molecule has 96 valence electrons. The van der Waals surface area contributed by atoms with Gasteiger partial charge in [0.1, 0.15) is 6.54 Å². The first kappa shape index (κ1) is 12.4. The highest BCUT2D eigenvalue weighted by Gasteiger charge is 2.07. The van der Waals surface area contributed by atoms with Crippen LogP contribution in [0.3, 0.4) is 0 Å². The van der Waals surface area contributed by atoms with Gasteiger partial charge in [0, 0.05) is 17.6 Å². The number of hydrogen-bond acceptors (Lipinski definition) is 3. The van der Waals surface area contributed by atoms with Crippen molar-refractivity contribution < 1.29 is 4.79 Å². The van der Waals surface area contributed by atoms with Gasteiger partial charge < -0.3 is 11.1 Å². The molecule has 0 atom stereocenters. The molecule has 0 aliphatic heterocycles. The molecule has 5 heteroatoms. The first-order valence-electron chi connectivity index (χ1n) is 6.18. The lowest BCUT2D eigenvalue weighted by Gasteiger charge is -2.05. The Balaban J connectivity index is 2.07. The van der Waals surface area contributed by atoms with Crippen LogP contribution >= 0.6 is 0 Å². The highest BCUT2D eigenvalue weighted by Crippen LogP contribution is 2.16. The quantitative estimate of drug-likeness (QED) is 0.620. The number of benzene rings is 1. The zero-order valence-corrected chi connectivity index (χ0v) is 10.5. The Labute approximate surface area is 106 Å². The van der Waals surface area contributed by atoms with E-state index in [-0.39, 0.29) is 12.5 Å². The van der Waals surface area contributed by atoms with Crippen LogP contribution in [0, 0.1) is 0 Å². The first-order valence-corrected chi connectivity index (χ1v) is 6.18. The fraction of sp³-hybridized carbons (Fsp3) is 0.385. The molecule has 0 aliphatic rings. The lowest BCUT2D eigenvalue weighted by atomic mass is 10.2. The number of nitrogens with two attached hydrogens (primary N) is 1. The standard InChI is InChI=1S/C13H18N4O/c1-2-3-6-15-13(18)9-17-12-7-11(14)5-4-10(12)8-16-17/h4-5,7-8H,2-3,6,9,14H2,1H3,(H,15,18). The zero-order chi connectivity index (χ0) is 13.0. The maximum absolute atomic E-state index is 11.7. The molecule has 0 aliphatic carbocycles. The average Bonchev–Trinajstić information content (AvgIpc) is 2.72. The highest BCUT2D eigenvalue weighted by molar-refractivity contribution is 5.84. The number of unbranched alkanes of at least 4 members (excludes halogenated alkanes) is 1. The minimum atomic E-state index is -0.0177. The van der Waals surface area contributed by atoms with Gasteiger partial charge in [0.2, 0.25) is 5.91 Å². The lowest BCUT2D eigenvalue weighted by Crippen LogP contribution is -2.28. The molecule has 2 rings (SSSR count). The minimum absolute atomic E-state index is 0.0177. The second-order valence-electron chi connectivity index (χ2n) is 4.32. The number of rotatable bonds is 5. The van der Waals surface area contributed by atoms with Crippen LogP contribution in [0.25, 0.3) is 10.9 Å². The predicted octanol–water partition coefficient (Wildman–Crippen LogP) is 1.53. The van der Waals surface area contributed by atoms with E-state index >= 15 is 0 Å². The number of carbonyl (C=O) groups excluding carboxylic acids is 1. The summed E-state index contributed by atoms with van der Waals surface area (Å²) in [5.41, 5.74) is 7.31. The van der Waals surface area contributed by atoms with Gasteiger partial charge in [-0.3, -0.25) is 9.48 Å². The molecule has 18 heavy (non-hydrogen) atoms. The Kier molecular flexibility index (Phi) is 3.82. The molecule has 0 bridgehead atoms. The summed E-state index contributed by atoms with van der Waals surface area (Å²) in [7, 11) is 0. The third kappa shape index (κ3) is 2.80. The molecule has 1 aromatic carbocycles. The Morgan fingerprint density at radius 1 is 1.50 bits per heavy atom. The van der Waals surface area contributed by atoms with Gasteiger partial charge in [-0.2, -0.15) is 5.10 Å². The van der Waals surface area contributed by atoms with Crippen LogP contribution in [0.2, 0.25) is 0 Å². The summed E-state index contributed by atoms with van der Waals surface area (Å²) in [6.45, 7) is 3.04. The molecule has 3 N–H and O–H groups in total. The van der Waals surface area contributed by atoms with E-state index < -0.39 is 0 Å². The van der Waals surface area contributed by atoms with Gasteiger partial charge in [-0.15, -0.1) is 0 Å². The summed E-state index contributed by atoms with van der Waals surface area (Å²) in [5.74, 6) is -0.0177. The van der Waals surface area contributed by atoms with Gasteiger partial charge in [-0.05, 0) is 24.6 Å². The van der Waals surface area contributed by atoms with E-state index in [4.69, 9.17) is 5.73 Å². The molecular formula is C13H18N4O. The number of anilines is 1. The minimum Gasteiger partial charge on any atom is -0.399 e. The molecule has 0 saturated carbocycles. The summed E-state index contributed by atoms with van der Waals surface area (Å²) >= 11 is 0. The van der Waals surface area contributed by atoms with Crippen molar-refractivity contribution >= 4 is 22.5 Å². The third-order valence-corrected chi connectivity index (χ3v) is 2.81. The molecule has 1 heterocycles. The van der Waals surface area contributed by atoms with Gasteiger partial charge >= 0.3 is 0 Å². The van der Waals surface area contributed by atoms with Crippen molar-refractivity contribution in [2.45, 2.75) is 26.3 Å². The number of hydrogen-bond donors (Lipinski definition) is 2. The molecule has 0 radical (unpaired) electrons. The van der Waals surface area contributed by atoms with E-state index in [0.717, 1.165) is 30.3 Å². The Morgan fingerprint density at radius 2 is 2.33 bits per heavy atom. The van der Waals surface area contributed by atoms with E-state index in [1.807, 2.05) is 18.2 Å². The van der Waals surface area contributed by atoms with Crippen molar-refractivity contribution in [3.8, 4) is 0 Å². The highest BCUT2D eigenvalue weighted by atomic mass is 16.2. The van der Waals surface area contributed by atoms with Crippen molar-refractivity contribution in [1.82, 2.24) is 15.1 Å². The normalized spacial score (nSPS) is 10.7. The molecule has 0 saturated heterocycles. The number of carbonyl (C=O) groups is 1. The smallest absolute Gasteiger partial charge is 0.241 e. The van der Waals surface area contributed by atoms with Gasteiger partial charge in [0.15, 0.2) is 0 Å². The Bertz CT molecular complexity index is 547. The maximum Gasteiger partial charge on any atom is 0.241 e. The second kappa shape index (κ2) is 5.53. The number of fused-ring (bicyclic) bond motifs is 1. The molecule has 1 aromatic heterocycles. The molecule has 0 unspecified atom stereocenters. The largest absolute Gasteiger partial charge is 0.399 e. The lowest BCUT2D eigenvalue weighted by molar-refractivity contribution is -0.121. The molecule has 0 fully saturated rings. The second-order valence-corrected chi connectivity index (χ2v) is 4.32. The van der Waals surface area contributed by atoms with Crippen molar-refractivity contribution in [2.24, 2.45) is 0 Å². The average molecular weight is 246 g/mol. The van der Waals surface area contributed by atoms with Crippen LogP contribution in [-0.4, -0.2) is 22.2 Å². The van der Waals surface area contributed by atoms with E-state index in [1.165, 1.54) is 0 Å². The summed E-state index contributed by atoms with van der Waals surface area (Å²) in [6, 6.07) is 5.57. The van der Waals surface area contributed by atoms with E-state index in [1.54, 1.807) is 10.9 Å². The van der Waals surface area contributed by atoms with E-state index in [2.05, 4.69) is 17.3 Å². The number of nitrogen functional groups attached to an aromatic ring is 1. The molecule has 0 spiro atoms. The summed E-state index contributed by atoms with van der Waals surface area (Å²) in [5, 5.41) is 8.07. The number of nitrogens with zero attached hydrogens (tertiary/aromatic N) is 2. The number of nitrogens with one attached hydrogen (secondary N) is 1. The molecule has 5 nitrogen and oxygen atoms in total. The summed E-state index contributed by atoms with van der Waals surface area (Å²) in [6.07, 6.45) is 3.81. The third-order valence-electron chi connectivity index (χ3n) is 2.81. The topological polar surface area (TPSA) is 72.9 Å². The maximum atomic E-state index is 11.7. The van der Waals surface area contributed by atoms with Crippen LogP contribution in [0.5, 0.6) is 0 Å². The molecular weight excluding hydrogens is 228 g/mol. The van der Waals surface area contributed by atoms with Gasteiger partial charge in [0.05, 0.1) is 11.7 Å². The van der Waals surface area contributed by atoms with Crippen molar-refractivity contribution in [1.29, 1.82) is 0 Å². The first-order chi connectivity index (χ1) is 8.70. The monoisotopic (exact) mass is 246 g/mol. The van der Waals surface area contributed by atoms with Crippen LogP contribution in [0.4, 0.5) is 5.69 Å². The van der Waals surface area contributed by atoms with Gasteiger partial charge in [0.25, 0.3) is 0 Å².